The van der Waals surface area contributed by atoms with Gasteiger partial charge in [0.25, 0.3) is 0 Å². The molecule has 0 bridgehead atoms. The molecule has 3 nitrogen and oxygen atoms in total. The highest BCUT2D eigenvalue weighted by atomic mass is 79.9. The molecule has 0 aromatic heterocycles. The highest BCUT2D eigenvalue weighted by Gasteiger charge is 2.43. The Labute approximate surface area is 112 Å². The van der Waals surface area contributed by atoms with Gasteiger partial charge in [-0.05, 0) is 28.1 Å². The molecule has 1 aromatic carbocycles. The van der Waals surface area contributed by atoms with Gasteiger partial charge in [0.1, 0.15) is 5.75 Å². The summed E-state index contributed by atoms with van der Waals surface area (Å²) < 4.78 is 37.5. The number of phenolic OH excluding ortho intramolecular Hbond substituents is 1. The maximum absolute atomic E-state index is 12.3. The van der Waals surface area contributed by atoms with Crippen LogP contribution >= 0.6 is 31.9 Å². The summed E-state index contributed by atoms with van der Waals surface area (Å²) in [5.41, 5.74) is 5.09. The summed E-state index contributed by atoms with van der Waals surface area (Å²) in [5.74, 6) is -0.427. The van der Waals surface area contributed by atoms with Crippen molar-refractivity contribution in [1.29, 1.82) is 0 Å². The minimum atomic E-state index is -4.85. The average Bonchev–Trinajstić information content (AvgIpc) is 2.20. The normalized spacial score (nSPS) is 15.7. The molecule has 0 amide bonds. The summed E-state index contributed by atoms with van der Waals surface area (Å²) >= 11 is 6.02. The van der Waals surface area contributed by atoms with E-state index in [9.17, 15) is 18.3 Å². The molecule has 96 valence electrons. The molecule has 0 heterocycles. The molecule has 4 N–H and O–H groups in total. The van der Waals surface area contributed by atoms with Crippen molar-refractivity contribution in [2.45, 2.75) is 18.3 Å². The number of halogens is 5. The van der Waals surface area contributed by atoms with E-state index in [-0.39, 0.29) is 10.0 Å². The molecule has 0 aliphatic heterocycles. The summed E-state index contributed by atoms with van der Waals surface area (Å²) in [6.07, 6.45) is -7.59. The molecule has 17 heavy (non-hydrogen) atoms. The Morgan fingerprint density at radius 2 is 1.76 bits per heavy atom. The van der Waals surface area contributed by atoms with Crippen LogP contribution in [0.25, 0.3) is 0 Å². The molecule has 0 unspecified atom stereocenters. The molecule has 0 aliphatic carbocycles. The van der Waals surface area contributed by atoms with E-state index >= 15 is 0 Å². The highest BCUT2D eigenvalue weighted by Crippen LogP contribution is 2.38. The van der Waals surface area contributed by atoms with Crippen molar-refractivity contribution in [2.75, 3.05) is 0 Å². The number of aliphatic hydroxyl groups is 1. The number of aliphatic hydroxyl groups excluding tert-OH is 1. The summed E-state index contributed by atoms with van der Waals surface area (Å²) in [7, 11) is 0. The van der Waals surface area contributed by atoms with Crippen molar-refractivity contribution in [3.05, 3.63) is 26.6 Å². The summed E-state index contributed by atoms with van der Waals surface area (Å²) in [4.78, 5) is 0. The Hall–Kier alpha value is -0.310. The number of benzene rings is 1. The molecule has 0 spiro atoms. The Kier molecular flexibility index (Phi) is 4.45. The zero-order valence-electron chi connectivity index (χ0n) is 8.17. The first-order chi connectivity index (χ1) is 7.64. The van der Waals surface area contributed by atoms with Crippen molar-refractivity contribution in [3.8, 4) is 5.75 Å². The minimum absolute atomic E-state index is 0.187. The highest BCUT2D eigenvalue weighted by molar-refractivity contribution is 9.11. The molecule has 0 aliphatic rings. The zero-order chi connectivity index (χ0) is 13.4. The van der Waals surface area contributed by atoms with Gasteiger partial charge in [0, 0.05) is 10.0 Å². The molecule has 0 saturated heterocycles. The van der Waals surface area contributed by atoms with Crippen LogP contribution in [0.2, 0.25) is 0 Å². The number of hydrogen-bond donors (Lipinski definition) is 3. The smallest absolute Gasteiger partial charge is 0.416 e. The van der Waals surface area contributed by atoms with E-state index in [1.807, 2.05) is 0 Å². The van der Waals surface area contributed by atoms with Crippen LogP contribution in [0.15, 0.2) is 21.1 Å². The molecule has 1 rings (SSSR count). The molecule has 8 heteroatoms. The Bertz CT molecular complexity index is 425. The lowest BCUT2D eigenvalue weighted by Crippen LogP contribution is -2.38. The topological polar surface area (TPSA) is 66.5 Å². The first-order valence-electron chi connectivity index (χ1n) is 4.33. The standard InChI is InChI=1S/C9H8Br2F3NO2/c10-3-1-4(7(16)5(11)2-3)6(15)8(17)9(12,13)14/h1-2,6,8,16-17H,15H2/t6-,8-/m1/s1. The van der Waals surface area contributed by atoms with Gasteiger partial charge in [-0.1, -0.05) is 15.9 Å². The lowest BCUT2D eigenvalue weighted by atomic mass is 10.0. The number of aromatic hydroxyl groups is 1. The lowest BCUT2D eigenvalue weighted by Gasteiger charge is -2.22. The summed E-state index contributed by atoms with van der Waals surface area (Å²) in [5, 5.41) is 18.6. The van der Waals surface area contributed by atoms with Crippen LogP contribution in [0.3, 0.4) is 0 Å². The van der Waals surface area contributed by atoms with E-state index in [1.165, 1.54) is 12.1 Å². The SMILES string of the molecule is N[C@H](c1cc(Br)cc(Br)c1O)[C@@H](O)C(F)(F)F. The number of alkyl halides is 3. The fraction of sp³-hybridized carbons (Fsp3) is 0.333. The molecular weight excluding hydrogens is 371 g/mol. The maximum Gasteiger partial charge on any atom is 0.416 e. The Morgan fingerprint density at radius 1 is 1.24 bits per heavy atom. The van der Waals surface area contributed by atoms with E-state index in [0.29, 0.717) is 4.47 Å². The quantitative estimate of drug-likeness (QED) is 0.741. The van der Waals surface area contributed by atoms with Crippen molar-refractivity contribution < 1.29 is 23.4 Å². The van der Waals surface area contributed by atoms with E-state index in [1.54, 1.807) is 0 Å². The number of nitrogens with two attached hydrogens (primary N) is 1. The zero-order valence-corrected chi connectivity index (χ0v) is 11.3. The van der Waals surface area contributed by atoms with Crippen molar-refractivity contribution in [1.82, 2.24) is 0 Å². The van der Waals surface area contributed by atoms with Gasteiger partial charge in [-0.25, -0.2) is 0 Å². The van der Waals surface area contributed by atoms with Gasteiger partial charge < -0.3 is 15.9 Å². The first kappa shape index (κ1) is 14.7. The molecule has 0 fully saturated rings. The second kappa shape index (κ2) is 5.13. The predicted molar refractivity (Wildman–Crippen MR) is 62.5 cm³/mol. The second-order valence-electron chi connectivity index (χ2n) is 3.34. The van der Waals surface area contributed by atoms with Crippen LogP contribution in [0, 0.1) is 0 Å². The van der Waals surface area contributed by atoms with Crippen LogP contribution < -0.4 is 5.73 Å². The predicted octanol–water partition coefficient (Wildman–Crippen LogP) is 2.84. The van der Waals surface area contributed by atoms with E-state index in [4.69, 9.17) is 10.8 Å². The van der Waals surface area contributed by atoms with E-state index < -0.39 is 24.1 Å². The van der Waals surface area contributed by atoms with Crippen LogP contribution in [0.4, 0.5) is 13.2 Å². The number of rotatable bonds is 2. The van der Waals surface area contributed by atoms with Gasteiger partial charge in [-0.15, -0.1) is 0 Å². The lowest BCUT2D eigenvalue weighted by molar-refractivity contribution is -0.210. The largest absolute Gasteiger partial charge is 0.506 e. The van der Waals surface area contributed by atoms with Crippen molar-refractivity contribution >= 4 is 31.9 Å². The van der Waals surface area contributed by atoms with Gasteiger partial charge in [-0.3, -0.25) is 0 Å². The maximum atomic E-state index is 12.3. The van der Waals surface area contributed by atoms with Crippen molar-refractivity contribution in [2.24, 2.45) is 5.73 Å². The second-order valence-corrected chi connectivity index (χ2v) is 5.11. The van der Waals surface area contributed by atoms with Crippen LogP contribution in [0.1, 0.15) is 11.6 Å². The third-order valence-corrected chi connectivity index (χ3v) is 3.15. The molecule has 0 saturated carbocycles. The summed E-state index contributed by atoms with van der Waals surface area (Å²) in [6, 6.07) is 0.911. The Balaban J connectivity index is 3.17. The Morgan fingerprint density at radius 3 is 2.24 bits per heavy atom. The monoisotopic (exact) mass is 377 g/mol. The molecule has 0 radical (unpaired) electrons. The number of hydrogen-bond acceptors (Lipinski definition) is 3. The fourth-order valence-corrected chi connectivity index (χ4v) is 2.47. The average molecular weight is 379 g/mol. The van der Waals surface area contributed by atoms with Gasteiger partial charge in [-0.2, -0.15) is 13.2 Å². The first-order valence-corrected chi connectivity index (χ1v) is 5.91. The third kappa shape index (κ3) is 3.34. The van der Waals surface area contributed by atoms with Gasteiger partial charge in [0.2, 0.25) is 0 Å². The fourth-order valence-electron chi connectivity index (χ4n) is 1.21. The molecular formula is C9H8Br2F3NO2. The van der Waals surface area contributed by atoms with Crippen LogP contribution in [-0.4, -0.2) is 22.5 Å². The summed E-state index contributed by atoms with van der Waals surface area (Å²) in [6.45, 7) is 0. The van der Waals surface area contributed by atoms with Gasteiger partial charge in [0.05, 0.1) is 10.5 Å². The van der Waals surface area contributed by atoms with Crippen molar-refractivity contribution in [3.63, 3.8) is 0 Å². The van der Waals surface area contributed by atoms with E-state index in [0.717, 1.165) is 0 Å². The number of phenols is 1. The molecule has 1 aromatic rings. The molecule has 2 atom stereocenters. The van der Waals surface area contributed by atoms with E-state index in [2.05, 4.69) is 31.9 Å². The minimum Gasteiger partial charge on any atom is -0.506 e. The van der Waals surface area contributed by atoms with Gasteiger partial charge >= 0.3 is 6.18 Å². The van der Waals surface area contributed by atoms with Crippen LogP contribution in [0.5, 0.6) is 5.75 Å². The third-order valence-electron chi connectivity index (χ3n) is 2.09. The van der Waals surface area contributed by atoms with Gasteiger partial charge in [0.15, 0.2) is 6.10 Å². The van der Waals surface area contributed by atoms with Crippen LogP contribution in [-0.2, 0) is 0 Å².